The maximum Gasteiger partial charge on any atom is 0.441 e. The first-order chi connectivity index (χ1) is 13.6. The minimum Gasteiger partial charge on any atom is -0.497 e. The van der Waals surface area contributed by atoms with E-state index < -0.39 is 23.7 Å². The highest BCUT2D eigenvalue weighted by atomic mass is 19.4. The topological polar surface area (TPSA) is 89.5 Å². The predicted octanol–water partition coefficient (Wildman–Crippen LogP) is 3.06. The van der Waals surface area contributed by atoms with Gasteiger partial charge in [-0.3, -0.25) is 4.79 Å². The summed E-state index contributed by atoms with van der Waals surface area (Å²) in [6.07, 6.45) is -3.92. The zero-order valence-corrected chi connectivity index (χ0v) is 16.0. The number of carbonyl (C=O) groups excluding carboxylic acids is 2. The Labute approximate surface area is 165 Å². The van der Waals surface area contributed by atoms with Crippen molar-refractivity contribution < 1.29 is 32.2 Å². The van der Waals surface area contributed by atoms with Crippen LogP contribution in [-0.4, -0.2) is 42.4 Å². The van der Waals surface area contributed by atoms with Gasteiger partial charge >= 0.3 is 17.8 Å². The first kappa shape index (κ1) is 22.0. The highest BCUT2D eigenvalue weighted by Gasteiger charge is 2.64. The number of benzene rings is 1. The lowest BCUT2D eigenvalue weighted by atomic mass is 10.1. The lowest BCUT2D eigenvalue weighted by Gasteiger charge is -2.35. The van der Waals surface area contributed by atoms with E-state index in [1.165, 1.54) is 56.6 Å². The van der Waals surface area contributed by atoms with Crippen molar-refractivity contribution in [2.24, 2.45) is 0 Å². The molecular weight excluding hydrogens is 391 g/mol. The molecule has 0 saturated heterocycles. The number of esters is 1. The van der Waals surface area contributed by atoms with Gasteiger partial charge in [0.2, 0.25) is 0 Å². The lowest BCUT2D eigenvalue weighted by Crippen LogP contribution is -2.69. The Morgan fingerprint density at radius 1 is 1.10 bits per heavy atom. The molecule has 1 atom stereocenters. The molecule has 2 rings (SSSR count). The minimum atomic E-state index is -5.24. The number of anilines is 1. The first-order valence-electron chi connectivity index (χ1n) is 8.54. The average Bonchev–Trinajstić information content (AvgIpc) is 2.68. The predicted molar refractivity (Wildman–Crippen MR) is 98.5 cm³/mol. The number of aromatic nitrogens is 1. The van der Waals surface area contributed by atoms with E-state index in [1.807, 2.05) is 5.32 Å². The van der Waals surface area contributed by atoms with Crippen LogP contribution in [0.4, 0.5) is 19.0 Å². The summed E-state index contributed by atoms with van der Waals surface area (Å²) in [5.41, 5.74) is -2.95. The van der Waals surface area contributed by atoms with Crippen molar-refractivity contribution in [3.05, 3.63) is 53.7 Å². The number of hydrogen-bond donors (Lipinski definition) is 2. The van der Waals surface area contributed by atoms with Gasteiger partial charge in [0.25, 0.3) is 5.91 Å². The molecule has 10 heteroatoms. The van der Waals surface area contributed by atoms with Crippen LogP contribution in [0, 0.1) is 6.92 Å². The number of amides is 1. The minimum absolute atomic E-state index is 0.109. The fourth-order valence-electron chi connectivity index (χ4n) is 2.35. The number of alkyl halides is 3. The zero-order chi connectivity index (χ0) is 21.7. The van der Waals surface area contributed by atoms with E-state index in [1.54, 1.807) is 12.2 Å². The van der Waals surface area contributed by atoms with Crippen LogP contribution in [0.2, 0.25) is 0 Å². The molecule has 0 aliphatic carbocycles. The lowest BCUT2D eigenvalue weighted by molar-refractivity contribution is -0.204. The van der Waals surface area contributed by atoms with E-state index in [9.17, 15) is 22.8 Å². The number of methoxy groups -OCH3 is 1. The smallest absolute Gasteiger partial charge is 0.441 e. The SMILES string of the molecule is CCOC(=O)C(NC(=O)c1ccc(OC)cc1)(Nc1ccc(C)cn1)C(F)(F)F. The molecule has 1 aromatic heterocycles. The fraction of sp³-hybridized carbons (Fsp3) is 0.316. The number of rotatable bonds is 7. The Hall–Kier alpha value is -3.30. The Morgan fingerprint density at radius 3 is 2.24 bits per heavy atom. The van der Waals surface area contributed by atoms with Gasteiger partial charge in [0.05, 0.1) is 13.7 Å². The maximum absolute atomic E-state index is 14.1. The summed E-state index contributed by atoms with van der Waals surface area (Å²) < 4.78 is 51.8. The van der Waals surface area contributed by atoms with Crippen LogP contribution in [0.1, 0.15) is 22.8 Å². The summed E-state index contributed by atoms with van der Waals surface area (Å²) in [6, 6.07) is 8.11. The molecule has 0 aliphatic rings. The number of nitrogens with one attached hydrogen (secondary N) is 2. The summed E-state index contributed by atoms with van der Waals surface area (Å²) in [6.45, 7) is 2.73. The van der Waals surface area contributed by atoms with Crippen molar-refractivity contribution in [2.45, 2.75) is 25.7 Å². The second-order valence-corrected chi connectivity index (χ2v) is 6.00. The fourth-order valence-corrected chi connectivity index (χ4v) is 2.35. The van der Waals surface area contributed by atoms with Gasteiger partial charge in [-0.05, 0) is 49.7 Å². The summed E-state index contributed by atoms with van der Waals surface area (Å²) in [4.78, 5) is 28.8. The van der Waals surface area contributed by atoms with E-state index >= 15 is 0 Å². The summed E-state index contributed by atoms with van der Waals surface area (Å²) in [7, 11) is 1.41. The zero-order valence-electron chi connectivity index (χ0n) is 16.0. The highest BCUT2D eigenvalue weighted by Crippen LogP contribution is 2.33. The third-order valence-corrected chi connectivity index (χ3v) is 3.89. The van der Waals surface area contributed by atoms with E-state index in [4.69, 9.17) is 4.74 Å². The molecule has 1 amide bonds. The highest BCUT2D eigenvalue weighted by molar-refractivity contribution is 5.99. The largest absolute Gasteiger partial charge is 0.497 e. The van der Waals surface area contributed by atoms with Gasteiger partial charge in [0.1, 0.15) is 11.6 Å². The van der Waals surface area contributed by atoms with Crippen LogP contribution in [0.15, 0.2) is 42.6 Å². The van der Waals surface area contributed by atoms with Gasteiger partial charge < -0.3 is 20.1 Å². The third kappa shape index (κ3) is 4.95. The Balaban J connectivity index is 2.46. The van der Waals surface area contributed by atoms with Crippen molar-refractivity contribution in [3.8, 4) is 5.75 Å². The third-order valence-electron chi connectivity index (χ3n) is 3.89. The van der Waals surface area contributed by atoms with Crippen LogP contribution >= 0.6 is 0 Å². The maximum atomic E-state index is 14.1. The number of hydrogen-bond acceptors (Lipinski definition) is 6. The molecule has 156 valence electrons. The summed E-state index contributed by atoms with van der Waals surface area (Å²) >= 11 is 0. The van der Waals surface area contributed by atoms with E-state index in [2.05, 4.69) is 9.72 Å². The number of nitrogens with zero attached hydrogens (tertiary/aromatic N) is 1. The van der Waals surface area contributed by atoms with E-state index in [0.29, 0.717) is 11.3 Å². The molecule has 0 radical (unpaired) electrons. The Morgan fingerprint density at radius 2 is 1.76 bits per heavy atom. The average molecular weight is 411 g/mol. The Kier molecular flexibility index (Phi) is 6.68. The van der Waals surface area contributed by atoms with Crippen molar-refractivity contribution in [3.63, 3.8) is 0 Å². The van der Waals surface area contributed by atoms with Crippen molar-refractivity contribution in [1.29, 1.82) is 0 Å². The van der Waals surface area contributed by atoms with E-state index in [0.717, 1.165) is 0 Å². The van der Waals surface area contributed by atoms with Gasteiger partial charge in [0, 0.05) is 11.8 Å². The van der Waals surface area contributed by atoms with Crippen LogP contribution < -0.4 is 15.4 Å². The normalized spacial score (nSPS) is 13.2. The van der Waals surface area contributed by atoms with Crippen LogP contribution in [-0.2, 0) is 9.53 Å². The van der Waals surface area contributed by atoms with E-state index in [-0.39, 0.29) is 18.0 Å². The second-order valence-electron chi connectivity index (χ2n) is 6.00. The van der Waals surface area contributed by atoms with Crippen LogP contribution in [0.25, 0.3) is 0 Å². The summed E-state index contributed by atoms with van der Waals surface area (Å²) in [5.74, 6) is -2.71. The number of ether oxygens (including phenoxy) is 2. The monoisotopic (exact) mass is 411 g/mol. The molecule has 2 aromatic rings. The van der Waals surface area contributed by atoms with Gasteiger partial charge in [-0.25, -0.2) is 9.78 Å². The van der Waals surface area contributed by atoms with Crippen LogP contribution in [0.5, 0.6) is 5.75 Å². The molecule has 1 heterocycles. The van der Waals surface area contributed by atoms with Gasteiger partial charge in [-0.2, -0.15) is 13.2 Å². The standard InChI is InChI=1S/C19H20F3N3O4/c1-4-29-17(27)18(19(20,21)22,24-15-10-5-12(2)11-23-15)25-16(26)13-6-8-14(28-3)9-7-13/h5-11H,4H2,1-3H3,(H,23,24)(H,25,26). The van der Waals surface area contributed by atoms with Crippen molar-refractivity contribution in [1.82, 2.24) is 10.3 Å². The Bertz CT molecular complexity index is 854. The molecule has 2 N–H and O–H groups in total. The molecule has 1 aromatic carbocycles. The number of aryl methyl sites for hydroxylation is 1. The van der Waals surface area contributed by atoms with Gasteiger partial charge in [0.15, 0.2) is 0 Å². The molecule has 0 aliphatic heterocycles. The molecule has 0 bridgehead atoms. The molecule has 0 spiro atoms. The quantitative estimate of drug-likeness (QED) is 0.538. The van der Waals surface area contributed by atoms with Crippen molar-refractivity contribution in [2.75, 3.05) is 19.0 Å². The number of carbonyl (C=O) groups is 2. The van der Waals surface area contributed by atoms with Gasteiger partial charge in [-0.15, -0.1) is 0 Å². The molecule has 0 saturated carbocycles. The summed E-state index contributed by atoms with van der Waals surface area (Å²) in [5, 5.41) is 3.74. The first-order valence-corrected chi connectivity index (χ1v) is 8.54. The molecule has 29 heavy (non-hydrogen) atoms. The van der Waals surface area contributed by atoms with Crippen molar-refractivity contribution >= 4 is 17.7 Å². The molecule has 7 nitrogen and oxygen atoms in total. The molecule has 1 unspecified atom stereocenters. The number of pyridine rings is 1. The second kappa shape index (κ2) is 8.80. The van der Waals surface area contributed by atoms with Crippen LogP contribution in [0.3, 0.4) is 0 Å². The molecule has 0 fully saturated rings. The van der Waals surface area contributed by atoms with Gasteiger partial charge in [-0.1, -0.05) is 6.07 Å². The number of halogens is 3. The molecular formula is C19H20F3N3O4.